The number of piperidine rings is 1. The van der Waals surface area contributed by atoms with Crippen molar-refractivity contribution in [3.8, 4) is 11.4 Å². The molecule has 10 heteroatoms. The number of aromatic amines is 1. The van der Waals surface area contributed by atoms with Crippen LogP contribution in [0.5, 0.6) is 0 Å². The number of anilines is 1. The standard InChI is InChI=1S/C21H27F2N7S/c1-13-7-14(29-31(2)15-3-4-15)11-30(10-13)20-8-17(26-12-27-20)18-9-25-19(28-18)6-5-16(24)21(22)23/h5-6,8-9,12-15,21,24H,3-4,7,10-11H2,1-2H3,(H,25,28)/b6-5-,24-16?. The molecule has 4 rings (SSSR count). The molecular formula is C21H27F2N7S. The van der Waals surface area contributed by atoms with Crippen molar-refractivity contribution in [3.63, 3.8) is 0 Å². The van der Waals surface area contributed by atoms with Crippen LogP contribution in [0.15, 0.2) is 29.0 Å². The highest BCUT2D eigenvalue weighted by molar-refractivity contribution is 7.87. The van der Waals surface area contributed by atoms with Gasteiger partial charge in [-0.1, -0.05) is 6.92 Å². The Morgan fingerprint density at radius 3 is 2.87 bits per heavy atom. The average molecular weight is 448 g/mol. The molecular weight excluding hydrogens is 420 g/mol. The smallest absolute Gasteiger partial charge is 0.279 e. The molecule has 1 saturated carbocycles. The van der Waals surface area contributed by atoms with Gasteiger partial charge >= 0.3 is 0 Å². The van der Waals surface area contributed by atoms with Gasteiger partial charge in [-0.25, -0.2) is 23.7 Å². The number of alkyl halides is 2. The van der Waals surface area contributed by atoms with Gasteiger partial charge < -0.3 is 9.88 Å². The van der Waals surface area contributed by atoms with Crippen molar-refractivity contribution >= 4 is 28.3 Å². The summed E-state index contributed by atoms with van der Waals surface area (Å²) in [7, 11) is 0.149. The number of hydrogen-bond acceptors (Lipinski definition) is 6. The zero-order chi connectivity index (χ0) is 22.0. The fourth-order valence-corrected chi connectivity index (χ4v) is 5.39. The number of allylic oxidation sites excluding steroid dienone is 1. The SMILES string of the molecule is CC1CC(/N=S(\C)C2CC2)CN(c2cc(-c3cnc(/C=C\C(=N)C(F)F)[nH]3)ncn2)C1. The van der Waals surface area contributed by atoms with E-state index in [1.807, 2.05) is 6.07 Å². The third-order valence-corrected chi connectivity index (χ3v) is 7.53. The molecule has 2 fully saturated rings. The minimum Gasteiger partial charge on any atom is -0.354 e. The first-order valence-corrected chi connectivity index (χ1v) is 12.1. The molecule has 0 spiro atoms. The first-order valence-electron chi connectivity index (χ1n) is 10.4. The number of hydrogen-bond donors (Lipinski definition) is 2. The molecule has 0 bridgehead atoms. The van der Waals surface area contributed by atoms with Crippen LogP contribution < -0.4 is 4.90 Å². The summed E-state index contributed by atoms with van der Waals surface area (Å²) in [5.74, 6) is 1.78. The Morgan fingerprint density at radius 1 is 1.32 bits per heavy atom. The molecule has 7 nitrogen and oxygen atoms in total. The van der Waals surface area contributed by atoms with Crippen LogP contribution in [0.2, 0.25) is 0 Å². The third kappa shape index (κ3) is 5.61. The van der Waals surface area contributed by atoms with E-state index >= 15 is 0 Å². The van der Waals surface area contributed by atoms with Crippen LogP contribution in [0.3, 0.4) is 0 Å². The monoisotopic (exact) mass is 447 g/mol. The van der Waals surface area contributed by atoms with E-state index in [0.717, 1.165) is 36.7 Å². The second-order valence-corrected chi connectivity index (χ2v) is 10.2. The minimum absolute atomic E-state index is 0.149. The van der Waals surface area contributed by atoms with Crippen molar-refractivity contribution in [3.05, 3.63) is 30.5 Å². The van der Waals surface area contributed by atoms with Crippen molar-refractivity contribution < 1.29 is 8.78 Å². The van der Waals surface area contributed by atoms with E-state index in [1.165, 1.54) is 25.2 Å². The van der Waals surface area contributed by atoms with Crippen molar-refractivity contribution in [1.82, 2.24) is 19.9 Å². The number of imidazole rings is 1. The Kier molecular flexibility index (Phi) is 6.54. The zero-order valence-electron chi connectivity index (χ0n) is 17.6. The molecule has 2 N–H and O–H groups in total. The van der Waals surface area contributed by atoms with Crippen LogP contribution in [0.1, 0.15) is 32.0 Å². The fourth-order valence-electron chi connectivity index (χ4n) is 3.77. The van der Waals surface area contributed by atoms with Crippen LogP contribution in [0.25, 0.3) is 17.5 Å². The lowest BCUT2D eigenvalue weighted by Gasteiger charge is -2.35. The van der Waals surface area contributed by atoms with Crippen LogP contribution in [0.4, 0.5) is 14.6 Å². The quantitative estimate of drug-likeness (QED) is 0.628. The second kappa shape index (κ2) is 9.33. The molecule has 2 aliphatic rings. The van der Waals surface area contributed by atoms with Crippen molar-refractivity contribution in [2.75, 3.05) is 24.2 Å². The normalized spacial score (nSPS) is 23.1. The van der Waals surface area contributed by atoms with E-state index in [1.54, 1.807) is 6.20 Å². The number of halogens is 2. The van der Waals surface area contributed by atoms with Crippen LogP contribution in [-0.4, -0.2) is 62.7 Å². The summed E-state index contributed by atoms with van der Waals surface area (Å²) in [6.07, 6.45) is 8.75. The van der Waals surface area contributed by atoms with E-state index in [-0.39, 0.29) is 10.7 Å². The van der Waals surface area contributed by atoms with Crippen LogP contribution >= 0.6 is 0 Å². The molecule has 3 atom stereocenters. The van der Waals surface area contributed by atoms with Gasteiger partial charge in [-0.3, -0.25) is 9.77 Å². The van der Waals surface area contributed by atoms with Gasteiger partial charge in [0.05, 0.1) is 29.3 Å². The van der Waals surface area contributed by atoms with Crippen molar-refractivity contribution in [2.45, 2.75) is 43.9 Å². The van der Waals surface area contributed by atoms with E-state index in [9.17, 15) is 8.78 Å². The lowest BCUT2D eigenvalue weighted by atomic mass is 9.96. The highest BCUT2D eigenvalue weighted by Gasteiger charge is 2.28. The topological polar surface area (TPSA) is 93.9 Å². The van der Waals surface area contributed by atoms with E-state index in [4.69, 9.17) is 9.77 Å². The molecule has 3 unspecified atom stereocenters. The lowest BCUT2D eigenvalue weighted by Crippen LogP contribution is -2.42. The maximum atomic E-state index is 12.5. The van der Waals surface area contributed by atoms with Gasteiger partial charge in [-0.2, -0.15) is 0 Å². The summed E-state index contributed by atoms with van der Waals surface area (Å²) in [5, 5.41) is 7.99. The number of H-pyrrole nitrogens is 1. The molecule has 2 aromatic rings. The molecule has 1 aliphatic heterocycles. The Bertz CT molecular complexity index is 999. The largest absolute Gasteiger partial charge is 0.354 e. The van der Waals surface area contributed by atoms with E-state index in [2.05, 4.69) is 38.0 Å². The minimum atomic E-state index is -2.80. The second-order valence-electron chi connectivity index (χ2n) is 8.26. The molecule has 1 saturated heterocycles. The highest BCUT2D eigenvalue weighted by Crippen LogP contribution is 2.30. The van der Waals surface area contributed by atoms with E-state index in [0.29, 0.717) is 29.2 Å². The predicted octanol–water partition coefficient (Wildman–Crippen LogP) is 3.97. The number of nitrogens with one attached hydrogen (secondary N) is 2. The Morgan fingerprint density at radius 2 is 2.13 bits per heavy atom. The molecule has 31 heavy (non-hydrogen) atoms. The third-order valence-electron chi connectivity index (χ3n) is 5.46. The Balaban J connectivity index is 1.49. The number of aromatic nitrogens is 4. The van der Waals surface area contributed by atoms with Gasteiger partial charge in [0.15, 0.2) is 0 Å². The number of rotatable bonds is 7. The molecule has 1 aliphatic carbocycles. The fraction of sp³-hybridized carbons (Fsp3) is 0.524. The van der Waals surface area contributed by atoms with Gasteiger partial charge in [0.25, 0.3) is 6.43 Å². The van der Waals surface area contributed by atoms with Crippen molar-refractivity contribution in [1.29, 1.82) is 5.41 Å². The summed E-state index contributed by atoms with van der Waals surface area (Å²) in [5.41, 5.74) is 0.598. The molecule has 2 aromatic heterocycles. The van der Waals surface area contributed by atoms with Crippen LogP contribution in [0, 0.1) is 11.3 Å². The predicted molar refractivity (Wildman–Crippen MR) is 121 cm³/mol. The van der Waals surface area contributed by atoms with Gasteiger partial charge in [0.2, 0.25) is 0 Å². The summed E-state index contributed by atoms with van der Waals surface area (Å²) in [4.78, 5) is 18.3. The Hall–Kier alpha value is -2.49. The van der Waals surface area contributed by atoms with E-state index < -0.39 is 12.1 Å². The lowest BCUT2D eigenvalue weighted by molar-refractivity contribution is 0.226. The maximum Gasteiger partial charge on any atom is 0.279 e. The van der Waals surface area contributed by atoms with Crippen molar-refractivity contribution in [2.24, 2.45) is 10.3 Å². The Labute approximate surface area is 183 Å². The van der Waals surface area contributed by atoms with Crippen LogP contribution in [-0.2, 0) is 10.7 Å². The van der Waals surface area contributed by atoms with Gasteiger partial charge in [-0.05, 0) is 43.6 Å². The molecule has 3 heterocycles. The maximum absolute atomic E-state index is 12.5. The summed E-state index contributed by atoms with van der Waals surface area (Å²) in [6, 6.07) is 2.24. The summed E-state index contributed by atoms with van der Waals surface area (Å²) < 4.78 is 30.0. The molecule has 166 valence electrons. The summed E-state index contributed by atoms with van der Waals surface area (Å²) in [6.45, 7) is 4.04. The zero-order valence-corrected chi connectivity index (χ0v) is 18.4. The molecule has 0 aromatic carbocycles. The van der Waals surface area contributed by atoms with Gasteiger partial charge in [0.1, 0.15) is 18.0 Å². The average Bonchev–Trinajstić information content (AvgIpc) is 3.50. The first kappa shape index (κ1) is 21.7. The first-order chi connectivity index (χ1) is 14.9. The highest BCUT2D eigenvalue weighted by atomic mass is 32.2. The molecule has 0 amide bonds. The number of nitrogens with zero attached hydrogens (tertiary/aromatic N) is 5. The van der Waals surface area contributed by atoms with Gasteiger partial charge in [0, 0.05) is 24.4 Å². The van der Waals surface area contributed by atoms with Gasteiger partial charge in [-0.15, -0.1) is 10.7 Å². The summed E-state index contributed by atoms with van der Waals surface area (Å²) >= 11 is 0. The molecule has 0 radical (unpaired) electrons.